The molecule has 96 valence electrons. The van der Waals surface area contributed by atoms with E-state index in [4.69, 9.17) is 9.84 Å². The summed E-state index contributed by atoms with van der Waals surface area (Å²) in [6.45, 7) is 4.44. The monoisotopic (exact) mass is 248 g/mol. The Morgan fingerprint density at radius 2 is 2.06 bits per heavy atom. The van der Waals surface area contributed by atoms with Crippen LogP contribution in [-0.4, -0.2) is 24.2 Å². The van der Waals surface area contributed by atoms with E-state index in [0.717, 1.165) is 18.4 Å². The highest BCUT2D eigenvalue weighted by atomic mass is 16.5. The van der Waals surface area contributed by atoms with Crippen molar-refractivity contribution in [2.24, 2.45) is 5.92 Å². The molecule has 1 aromatic carbocycles. The van der Waals surface area contributed by atoms with Crippen LogP contribution in [0.2, 0.25) is 0 Å². The number of carbonyl (C=O) groups is 2. The van der Waals surface area contributed by atoms with Crippen LogP contribution in [0.4, 0.5) is 0 Å². The summed E-state index contributed by atoms with van der Waals surface area (Å²) < 4.78 is 4.76. The van der Waals surface area contributed by atoms with Crippen molar-refractivity contribution in [1.29, 1.82) is 0 Å². The molecule has 4 heteroatoms. The molecule has 1 N–H and O–H groups in total. The van der Waals surface area contributed by atoms with E-state index in [2.05, 4.69) is 6.58 Å². The van der Waals surface area contributed by atoms with Gasteiger partial charge in [0, 0.05) is 5.92 Å². The number of carboxylic acid groups (broad SMARTS) is 1. The maximum atomic E-state index is 10.7. The second kappa shape index (κ2) is 7.27. The Balaban J connectivity index is 2.64. The van der Waals surface area contributed by atoms with Crippen LogP contribution < -0.4 is 0 Å². The molecule has 0 aromatic heterocycles. The van der Waals surface area contributed by atoms with Crippen molar-refractivity contribution in [2.75, 3.05) is 6.61 Å². The fourth-order valence-corrected chi connectivity index (χ4v) is 1.74. The highest BCUT2D eigenvalue weighted by molar-refractivity contribution is 5.87. The number of benzene rings is 1. The molecule has 0 saturated heterocycles. The van der Waals surface area contributed by atoms with Crippen molar-refractivity contribution in [3.63, 3.8) is 0 Å². The summed E-state index contributed by atoms with van der Waals surface area (Å²) in [6.07, 6.45) is 3.25. The standard InChI is InChI=1S/C14H16O4/c1-2-3-12(9-18-10-15)8-11-4-6-13(7-5-11)14(16)17/h2,4-7,10,12H,1,3,8-9H2,(H,16,17). The van der Waals surface area contributed by atoms with Crippen molar-refractivity contribution >= 4 is 12.4 Å². The number of rotatable bonds is 8. The first kappa shape index (κ1) is 14.0. The van der Waals surface area contributed by atoms with Crippen LogP contribution in [0.25, 0.3) is 0 Å². The highest BCUT2D eigenvalue weighted by Crippen LogP contribution is 2.14. The first-order valence-corrected chi connectivity index (χ1v) is 5.65. The fraction of sp³-hybridized carbons (Fsp3) is 0.286. The molecule has 1 unspecified atom stereocenters. The van der Waals surface area contributed by atoms with Crippen molar-refractivity contribution in [3.05, 3.63) is 48.0 Å². The molecule has 0 amide bonds. The zero-order chi connectivity index (χ0) is 13.4. The van der Waals surface area contributed by atoms with Gasteiger partial charge in [0.1, 0.15) is 0 Å². The van der Waals surface area contributed by atoms with E-state index in [1.54, 1.807) is 30.3 Å². The van der Waals surface area contributed by atoms with E-state index < -0.39 is 5.97 Å². The van der Waals surface area contributed by atoms with Gasteiger partial charge in [-0.05, 0) is 30.5 Å². The van der Waals surface area contributed by atoms with Crippen LogP contribution in [0, 0.1) is 5.92 Å². The Kier molecular flexibility index (Phi) is 5.64. The molecule has 0 aliphatic rings. The number of hydrogen-bond acceptors (Lipinski definition) is 3. The second-order valence-electron chi connectivity index (χ2n) is 4.03. The molecule has 0 heterocycles. The Bertz CT molecular complexity index is 408. The third-order valence-corrected chi connectivity index (χ3v) is 2.63. The van der Waals surface area contributed by atoms with Gasteiger partial charge in [-0.25, -0.2) is 4.79 Å². The Labute approximate surface area is 106 Å². The molecule has 1 aromatic rings. The SMILES string of the molecule is C=CCC(COC=O)Cc1ccc(C(=O)O)cc1. The fourth-order valence-electron chi connectivity index (χ4n) is 1.74. The first-order chi connectivity index (χ1) is 8.67. The molecule has 0 radical (unpaired) electrons. The van der Waals surface area contributed by atoms with Gasteiger partial charge in [0.15, 0.2) is 0 Å². The van der Waals surface area contributed by atoms with Crippen LogP contribution in [-0.2, 0) is 16.0 Å². The lowest BCUT2D eigenvalue weighted by Gasteiger charge is -2.13. The maximum Gasteiger partial charge on any atom is 0.335 e. The van der Waals surface area contributed by atoms with Crippen LogP contribution in [0.1, 0.15) is 22.3 Å². The topological polar surface area (TPSA) is 63.6 Å². The van der Waals surface area contributed by atoms with Crippen LogP contribution in [0.3, 0.4) is 0 Å². The molecule has 0 fully saturated rings. The van der Waals surface area contributed by atoms with E-state index in [0.29, 0.717) is 13.1 Å². The summed E-state index contributed by atoms with van der Waals surface area (Å²) in [5.74, 6) is -0.767. The lowest BCUT2D eigenvalue weighted by atomic mass is 9.96. The summed E-state index contributed by atoms with van der Waals surface area (Å²) >= 11 is 0. The predicted molar refractivity (Wildman–Crippen MR) is 67.4 cm³/mol. The molecule has 0 spiro atoms. The Hall–Kier alpha value is -2.10. The molecule has 0 saturated carbocycles. The zero-order valence-electron chi connectivity index (χ0n) is 10.0. The quantitative estimate of drug-likeness (QED) is 0.566. The maximum absolute atomic E-state index is 10.7. The largest absolute Gasteiger partial charge is 0.478 e. The summed E-state index contributed by atoms with van der Waals surface area (Å²) in [5, 5.41) is 8.79. The number of allylic oxidation sites excluding steroid dienone is 1. The van der Waals surface area contributed by atoms with E-state index in [1.807, 2.05) is 0 Å². The van der Waals surface area contributed by atoms with E-state index in [9.17, 15) is 9.59 Å². The van der Waals surface area contributed by atoms with Gasteiger partial charge in [0.05, 0.1) is 12.2 Å². The predicted octanol–water partition coefficient (Wildman–Crippen LogP) is 2.29. The highest BCUT2D eigenvalue weighted by Gasteiger charge is 2.09. The van der Waals surface area contributed by atoms with E-state index in [1.165, 1.54) is 0 Å². The van der Waals surface area contributed by atoms with Gasteiger partial charge < -0.3 is 9.84 Å². The van der Waals surface area contributed by atoms with E-state index in [-0.39, 0.29) is 11.5 Å². The number of carbonyl (C=O) groups excluding carboxylic acids is 1. The number of carboxylic acids is 1. The number of aromatic carboxylic acids is 1. The summed E-state index contributed by atoms with van der Waals surface area (Å²) in [5.41, 5.74) is 1.28. The van der Waals surface area contributed by atoms with Gasteiger partial charge in [-0.2, -0.15) is 0 Å². The van der Waals surface area contributed by atoms with Gasteiger partial charge in [-0.1, -0.05) is 18.2 Å². The molecule has 0 bridgehead atoms. The Morgan fingerprint density at radius 3 is 2.56 bits per heavy atom. The smallest absolute Gasteiger partial charge is 0.335 e. The Morgan fingerprint density at radius 1 is 1.39 bits per heavy atom. The third-order valence-electron chi connectivity index (χ3n) is 2.63. The summed E-state index contributed by atoms with van der Waals surface area (Å²) in [4.78, 5) is 20.9. The first-order valence-electron chi connectivity index (χ1n) is 5.65. The lowest BCUT2D eigenvalue weighted by molar-refractivity contribution is -0.129. The van der Waals surface area contributed by atoms with Crippen molar-refractivity contribution in [1.82, 2.24) is 0 Å². The average molecular weight is 248 g/mol. The van der Waals surface area contributed by atoms with Crippen LogP contribution >= 0.6 is 0 Å². The van der Waals surface area contributed by atoms with Crippen molar-refractivity contribution in [3.8, 4) is 0 Å². The van der Waals surface area contributed by atoms with Gasteiger partial charge in [-0.15, -0.1) is 6.58 Å². The molecule has 0 aliphatic heterocycles. The van der Waals surface area contributed by atoms with Crippen molar-refractivity contribution in [2.45, 2.75) is 12.8 Å². The average Bonchev–Trinajstić information content (AvgIpc) is 2.37. The molecule has 1 atom stereocenters. The third kappa shape index (κ3) is 4.41. The number of ether oxygens (including phenoxy) is 1. The van der Waals surface area contributed by atoms with Crippen LogP contribution in [0.15, 0.2) is 36.9 Å². The molecule has 18 heavy (non-hydrogen) atoms. The minimum absolute atomic E-state index is 0.170. The summed E-state index contributed by atoms with van der Waals surface area (Å²) in [6, 6.07) is 6.70. The van der Waals surface area contributed by atoms with E-state index >= 15 is 0 Å². The van der Waals surface area contributed by atoms with Gasteiger partial charge >= 0.3 is 5.97 Å². The molecule has 4 nitrogen and oxygen atoms in total. The number of hydrogen-bond donors (Lipinski definition) is 1. The zero-order valence-corrected chi connectivity index (χ0v) is 10.0. The lowest BCUT2D eigenvalue weighted by Crippen LogP contribution is -2.11. The molecular formula is C14H16O4. The second-order valence-corrected chi connectivity index (χ2v) is 4.03. The van der Waals surface area contributed by atoms with Gasteiger partial charge in [-0.3, -0.25) is 4.79 Å². The van der Waals surface area contributed by atoms with Crippen LogP contribution in [0.5, 0.6) is 0 Å². The molecule has 1 rings (SSSR count). The van der Waals surface area contributed by atoms with Gasteiger partial charge in [0.25, 0.3) is 6.47 Å². The summed E-state index contributed by atoms with van der Waals surface area (Å²) in [7, 11) is 0. The van der Waals surface area contributed by atoms with Crippen molar-refractivity contribution < 1.29 is 19.4 Å². The normalized spacial score (nSPS) is 11.6. The molecular weight excluding hydrogens is 232 g/mol. The minimum atomic E-state index is -0.937. The minimum Gasteiger partial charge on any atom is -0.478 e. The van der Waals surface area contributed by atoms with Gasteiger partial charge in [0.2, 0.25) is 0 Å². The molecule has 0 aliphatic carbocycles.